The van der Waals surface area contributed by atoms with Gasteiger partial charge in [-0.1, -0.05) is 0 Å². The lowest BCUT2D eigenvalue weighted by Crippen LogP contribution is -2.65. The Balaban J connectivity index is 2.01. The molecule has 2 bridgehead atoms. The largest absolute Gasteiger partial charge is 0.444 e. The predicted octanol–water partition coefficient (Wildman–Crippen LogP) is 1.97. The molecule has 0 N–H and O–H groups in total. The number of aldehydes is 1. The van der Waals surface area contributed by atoms with Crippen molar-refractivity contribution in [3.05, 3.63) is 0 Å². The predicted molar refractivity (Wildman–Crippen MR) is 59.1 cm³/mol. The average Bonchev–Trinajstić information content (AvgIpc) is 2.14. The number of carbonyl (C=O) groups is 2. The van der Waals surface area contributed by atoms with Gasteiger partial charge in [0.1, 0.15) is 11.9 Å². The summed E-state index contributed by atoms with van der Waals surface area (Å²) >= 11 is 0. The summed E-state index contributed by atoms with van der Waals surface area (Å²) in [6.07, 6.45) is 3.53. The lowest BCUT2D eigenvalue weighted by Gasteiger charge is -2.54. The fraction of sp³-hybridized carbons (Fsp3) is 0.833. The molecule has 3 fully saturated rings. The van der Waals surface area contributed by atoms with Gasteiger partial charge in [0.25, 0.3) is 0 Å². The normalized spacial score (nSPS) is 32.9. The van der Waals surface area contributed by atoms with Gasteiger partial charge in [-0.3, -0.25) is 0 Å². The van der Waals surface area contributed by atoms with Crippen LogP contribution in [0.1, 0.15) is 40.0 Å². The van der Waals surface area contributed by atoms with Crippen LogP contribution in [0.15, 0.2) is 0 Å². The van der Waals surface area contributed by atoms with Gasteiger partial charge in [0.05, 0.1) is 0 Å². The first-order valence-electron chi connectivity index (χ1n) is 5.89. The van der Waals surface area contributed by atoms with Crippen LogP contribution in [0.5, 0.6) is 0 Å². The minimum atomic E-state index is -0.461. The van der Waals surface area contributed by atoms with Crippen molar-refractivity contribution < 1.29 is 14.3 Å². The highest BCUT2D eigenvalue weighted by Gasteiger charge is 2.50. The lowest BCUT2D eigenvalue weighted by molar-refractivity contribution is -0.122. The summed E-state index contributed by atoms with van der Waals surface area (Å²) in [4.78, 5) is 24.5. The number of amides is 1. The fourth-order valence-electron chi connectivity index (χ4n) is 2.61. The van der Waals surface area contributed by atoms with E-state index in [4.69, 9.17) is 4.74 Å². The molecule has 90 valence electrons. The second-order valence-corrected chi connectivity index (χ2v) is 5.72. The molecule has 1 saturated carbocycles. The second kappa shape index (κ2) is 3.75. The molecule has 0 radical (unpaired) electrons. The van der Waals surface area contributed by atoms with Crippen molar-refractivity contribution in [3.63, 3.8) is 0 Å². The van der Waals surface area contributed by atoms with E-state index in [0.29, 0.717) is 6.04 Å². The smallest absolute Gasteiger partial charge is 0.410 e. The number of carbonyl (C=O) groups excluding carboxylic acids is 2. The Kier molecular flexibility index (Phi) is 2.68. The number of nitrogens with zero attached hydrogens (tertiary/aromatic N) is 1. The average molecular weight is 225 g/mol. The van der Waals surface area contributed by atoms with E-state index in [1.807, 2.05) is 20.8 Å². The van der Waals surface area contributed by atoms with Crippen molar-refractivity contribution in [2.45, 2.75) is 57.7 Å². The molecule has 4 heteroatoms. The summed E-state index contributed by atoms with van der Waals surface area (Å²) in [5.74, 6) is 0.0116. The number of ether oxygens (including phenoxy) is 1. The molecule has 0 aromatic carbocycles. The van der Waals surface area contributed by atoms with Crippen molar-refractivity contribution in [1.82, 2.24) is 4.90 Å². The molecule has 0 spiro atoms. The summed E-state index contributed by atoms with van der Waals surface area (Å²) in [7, 11) is 0. The van der Waals surface area contributed by atoms with Gasteiger partial charge in [0.15, 0.2) is 0 Å². The van der Waals surface area contributed by atoms with Gasteiger partial charge in [-0.25, -0.2) is 4.79 Å². The molecule has 0 unspecified atom stereocenters. The summed E-state index contributed by atoms with van der Waals surface area (Å²) < 4.78 is 5.34. The minimum absolute atomic E-state index is 0.0116. The topological polar surface area (TPSA) is 46.6 Å². The number of hydrogen-bond acceptors (Lipinski definition) is 3. The molecule has 0 aromatic rings. The zero-order valence-electron chi connectivity index (χ0n) is 10.1. The molecular formula is C12H19NO3. The van der Waals surface area contributed by atoms with Gasteiger partial charge in [-0.2, -0.15) is 0 Å². The highest BCUT2D eigenvalue weighted by molar-refractivity contribution is 5.72. The van der Waals surface area contributed by atoms with Crippen molar-refractivity contribution in [2.75, 3.05) is 0 Å². The van der Waals surface area contributed by atoms with Gasteiger partial charge in [-0.15, -0.1) is 0 Å². The molecule has 0 aromatic heterocycles. The Labute approximate surface area is 95.9 Å². The number of hydrogen-bond donors (Lipinski definition) is 0. The van der Waals surface area contributed by atoms with E-state index in [0.717, 1.165) is 25.5 Å². The zero-order chi connectivity index (χ0) is 11.9. The summed E-state index contributed by atoms with van der Waals surface area (Å²) in [5.41, 5.74) is -0.461. The Morgan fingerprint density at radius 3 is 2.56 bits per heavy atom. The third kappa shape index (κ3) is 1.93. The third-order valence-corrected chi connectivity index (χ3v) is 3.37. The van der Waals surface area contributed by atoms with E-state index in [2.05, 4.69) is 0 Å². The van der Waals surface area contributed by atoms with Crippen LogP contribution in [0.3, 0.4) is 0 Å². The SMILES string of the molecule is CC(C)(C)OC(=O)N1[C@@H]2CC[C@@H](C=O)[C@H]1C2. The van der Waals surface area contributed by atoms with Crippen molar-refractivity contribution in [1.29, 1.82) is 0 Å². The van der Waals surface area contributed by atoms with Crippen LogP contribution in [-0.4, -0.2) is 35.0 Å². The maximum Gasteiger partial charge on any atom is 0.410 e. The van der Waals surface area contributed by atoms with Crippen molar-refractivity contribution >= 4 is 12.4 Å². The van der Waals surface area contributed by atoms with Crippen LogP contribution in [0.25, 0.3) is 0 Å². The van der Waals surface area contributed by atoms with Gasteiger partial charge < -0.3 is 14.4 Å². The lowest BCUT2D eigenvalue weighted by atomic mass is 9.73. The van der Waals surface area contributed by atoms with E-state index in [-0.39, 0.29) is 18.1 Å². The highest BCUT2D eigenvalue weighted by atomic mass is 16.6. The maximum atomic E-state index is 11.9. The molecule has 1 aliphatic carbocycles. The molecule has 3 atom stereocenters. The molecule has 16 heavy (non-hydrogen) atoms. The monoisotopic (exact) mass is 225 g/mol. The standard InChI is InChI=1S/C12H19NO3/c1-12(2,3)16-11(15)13-9-5-4-8(7-14)10(13)6-9/h7-10H,4-6H2,1-3H3/t8-,9+,10+/m0/s1. The first-order chi connectivity index (χ1) is 7.42. The van der Waals surface area contributed by atoms with E-state index in [1.54, 1.807) is 4.90 Å². The van der Waals surface area contributed by atoms with Gasteiger partial charge in [-0.05, 0) is 40.0 Å². The molecular weight excluding hydrogens is 206 g/mol. The quantitative estimate of drug-likeness (QED) is 0.641. The molecule has 3 aliphatic rings. The Morgan fingerprint density at radius 1 is 1.38 bits per heavy atom. The summed E-state index contributed by atoms with van der Waals surface area (Å²) in [5, 5.41) is 0. The molecule has 2 aliphatic heterocycles. The van der Waals surface area contributed by atoms with Crippen LogP contribution < -0.4 is 0 Å². The molecule has 3 rings (SSSR count). The van der Waals surface area contributed by atoms with E-state index >= 15 is 0 Å². The maximum absolute atomic E-state index is 11.9. The van der Waals surface area contributed by atoms with Crippen LogP contribution in [0.2, 0.25) is 0 Å². The van der Waals surface area contributed by atoms with Crippen molar-refractivity contribution in [3.8, 4) is 0 Å². The summed E-state index contributed by atoms with van der Waals surface area (Å²) in [6.45, 7) is 5.58. The highest BCUT2D eigenvalue weighted by Crippen LogP contribution is 2.41. The van der Waals surface area contributed by atoms with E-state index in [9.17, 15) is 9.59 Å². The van der Waals surface area contributed by atoms with Crippen molar-refractivity contribution in [2.24, 2.45) is 5.92 Å². The van der Waals surface area contributed by atoms with Crippen LogP contribution in [0, 0.1) is 5.92 Å². The number of piperidine rings is 1. The third-order valence-electron chi connectivity index (χ3n) is 3.37. The van der Waals surface area contributed by atoms with Gasteiger partial charge in [0, 0.05) is 18.0 Å². The molecule has 4 nitrogen and oxygen atoms in total. The first-order valence-corrected chi connectivity index (χ1v) is 5.89. The van der Waals surface area contributed by atoms with Crippen LogP contribution in [-0.2, 0) is 9.53 Å². The minimum Gasteiger partial charge on any atom is -0.444 e. The fourth-order valence-corrected chi connectivity index (χ4v) is 2.61. The molecule has 1 amide bonds. The van der Waals surface area contributed by atoms with Gasteiger partial charge >= 0.3 is 6.09 Å². The Morgan fingerprint density at radius 2 is 2.06 bits per heavy atom. The first kappa shape index (κ1) is 11.4. The second-order valence-electron chi connectivity index (χ2n) is 5.72. The Bertz CT molecular complexity index is 306. The zero-order valence-corrected chi connectivity index (χ0v) is 10.1. The van der Waals surface area contributed by atoms with E-state index in [1.165, 1.54) is 0 Å². The number of rotatable bonds is 1. The van der Waals surface area contributed by atoms with Gasteiger partial charge in [0.2, 0.25) is 0 Å². The molecule has 2 saturated heterocycles. The van der Waals surface area contributed by atoms with E-state index < -0.39 is 5.60 Å². The molecule has 2 heterocycles. The number of fused-ring (bicyclic) bond motifs is 2. The van der Waals surface area contributed by atoms with Crippen LogP contribution in [0.4, 0.5) is 4.79 Å². The Hall–Kier alpha value is -1.06. The summed E-state index contributed by atoms with van der Waals surface area (Å²) in [6, 6.07) is 0.391. The van der Waals surface area contributed by atoms with Crippen LogP contribution >= 0.6 is 0 Å².